The van der Waals surface area contributed by atoms with E-state index in [1.165, 1.54) is 27.8 Å². The van der Waals surface area contributed by atoms with Crippen molar-refractivity contribution in [2.45, 2.75) is 17.7 Å². The fraction of sp³-hybridized carbons (Fsp3) is 0.250. The molecule has 0 saturated carbocycles. The summed E-state index contributed by atoms with van der Waals surface area (Å²) in [6.45, 7) is 4.55. The smallest absolute Gasteiger partial charge is 0.243 e. The highest BCUT2D eigenvalue weighted by Gasteiger charge is 2.34. The van der Waals surface area contributed by atoms with Crippen LogP contribution in [-0.2, 0) is 14.8 Å². The summed E-state index contributed by atoms with van der Waals surface area (Å²) < 4.78 is 40.2. The van der Waals surface area contributed by atoms with Gasteiger partial charge in [0.05, 0.1) is 10.6 Å². The number of halogens is 1. The maximum Gasteiger partial charge on any atom is 0.243 e. The number of hydrogen-bond donors (Lipinski definition) is 0. The molecule has 0 unspecified atom stereocenters. The molecule has 1 aromatic heterocycles. The van der Waals surface area contributed by atoms with Gasteiger partial charge in [0.2, 0.25) is 15.9 Å². The average Bonchev–Trinajstić information content (AvgIpc) is 3.33. The highest BCUT2D eigenvalue weighted by molar-refractivity contribution is 7.89. The average molecular weight is 486 g/mol. The minimum Gasteiger partial charge on any atom is -0.284 e. The summed E-state index contributed by atoms with van der Waals surface area (Å²) in [6, 6.07) is 14.5. The summed E-state index contributed by atoms with van der Waals surface area (Å²) in [5, 5.41) is 2.52. The van der Waals surface area contributed by atoms with Gasteiger partial charge in [-0.1, -0.05) is 36.4 Å². The number of rotatable bonds is 7. The van der Waals surface area contributed by atoms with Crippen LogP contribution in [0.25, 0.3) is 11.3 Å². The Hall–Kier alpha value is -2.88. The third-order valence-electron chi connectivity index (χ3n) is 5.62. The molecule has 1 saturated heterocycles. The predicted molar refractivity (Wildman–Crippen MR) is 128 cm³/mol. The number of aromatic nitrogens is 1. The minimum absolute atomic E-state index is 0.0539. The van der Waals surface area contributed by atoms with Gasteiger partial charge in [0.15, 0.2) is 5.13 Å². The van der Waals surface area contributed by atoms with Gasteiger partial charge in [0.1, 0.15) is 5.82 Å². The fourth-order valence-electron chi connectivity index (χ4n) is 3.84. The summed E-state index contributed by atoms with van der Waals surface area (Å²) in [4.78, 5) is 19.7. The van der Waals surface area contributed by atoms with Gasteiger partial charge in [-0.25, -0.2) is 17.8 Å². The maximum atomic E-state index is 13.3. The first-order valence-corrected chi connectivity index (χ1v) is 12.9. The molecule has 0 atom stereocenters. The zero-order valence-corrected chi connectivity index (χ0v) is 19.6. The molecule has 2 aromatic carbocycles. The van der Waals surface area contributed by atoms with Gasteiger partial charge in [-0.05, 0) is 37.1 Å². The van der Waals surface area contributed by atoms with Crippen molar-refractivity contribution in [2.24, 2.45) is 5.92 Å². The Labute approximate surface area is 197 Å². The highest BCUT2D eigenvalue weighted by atomic mass is 32.2. The van der Waals surface area contributed by atoms with Gasteiger partial charge >= 0.3 is 0 Å². The van der Waals surface area contributed by atoms with Crippen molar-refractivity contribution in [3.8, 4) is 11.3 Å². The van der Waals surface area contributed by atoms with E-state index in [1.54, 1.807) is 11.0 Å². The van der Waals surface area contributed by atoms with Crippen molar-refractivity contribution >= 4 is 32.4 Å². The number of thiazole rings is 1. The van der Waals surface area contributed by atoms with E-state index >= 15 is 0 Å². The van der Waals surface area contributed by atoms with E-state index in [-0.39, 0.29) is 29.8 Å². The Kier molecular flexibility index (Phi) is 7.02. The first-order chi connectivity index (χ1) is 15.9. The second kappa shape index (κ2) is 9.94. The molecule has 0 aliphatic carbocycles. The van der Waals surface area contributed by atoms with E-state index in [9.17, 15) is 17.6 Å². The quantitative estimate of drug-likeness (QED) is 0.460. The second-order valence-electron chi connectivity index (χ2n) is 7.75. The summed E-state index contributed by atoms with van der Waals surface area (Å²) in [7, 11) is -3.72. The first kappa shape index (κ1) is 23.3. The van der Waals surface area contributed by atoms with Crippen molar-refractivity contribution in [3.63, 3.8) is 0 Å². The standard InChI is InChI=1S/C24H24FN3O3S2/c1-2-14-28(24-26-22(17-32-24)18-6-4-3-5-7-18)23(29)19-12-15-27(16-13-19)33(30,31)21-10-8-20(25)9-11-21/h2-11,17,19H,1,12-16H2. The van der Waals surface area contributed by atoms with Crippen LogP contribution in [0.3, 0.4) is 0 Å². The lowest BCUT2D eigenvalue weighted by atomic mass is 9.96. The van der Waals surface area contributed by atoms with Crippen LogP contribution >= 0.6 is 11.3 Å². The molecule has 1 aliphatic rings. The number of carbonyl (C=O) groups excluding carboxylic acids is 1. The third kappa shape index (κ3) is 5.05. The summed E-state index contributed by atoms with van der Waals surface area (Å²) >= 11 is 1.40. The maximum absolute atomic E-state index is 13.3. The third-order valence-corrected chi connectivity index (χ3v) is 8.40. The molecule has 3 aromatic rings. The molecule has 9 heteroatoms. The van der Waals surface area contributed by atoms with Gasteiger partial charge in [-0.2, -0.15) is 4.31 Å². The van der Waals surface area contributed by atoms with E-state index in [0.29, 0.717) is 24.5 Å². The van der Waals surface area contributed by atoms with E-state index in [2.05, 4.69) is 11.6 Å². The minimum atomic E-state index is -3.72. The van der Waals surface area contributed by atoms with Crippen LogP contribution in [0.5, 0.6) is 0 Å². The molecule has 0 bridgehead atoms. The Morgan fingerprint density at radius 1 is 1.15 bits per heavy atom. The van der Waals surface area contributed by atoms with Crippen molar-refractivity contribution in [3.05, 3.63) is 78.4 Å². The van der Waals surface area contributed by atoms with Crippen molar-refractivity contribution < 1.29 is 17.6 Å². The molecule has 0 N–H and O–H groups in total. The molecule has 33 heavy (non-hydrogen) atoms. The van der Waals surface area contributed by atoms with Gasteiger partial charge < -0.3 is 0 Å². The van der Waals surface area contributed by atoms with Crippen molar-refractivity contribution in [1.82, 2.24) is 9.29 Å². The van der Waals surface area contributed by atoms with E-state index in [0.717, 1.165) is 23.4 Å². The molecule has 2 heterocycles. The topological polar surface area (TPSA) is 70.6 Å². The van der Waals surface area contributed by atoms with Crippen LogP contribution < -0.4 is 4.90 Å². The largest absolute Gasteiger partial charge is 0.284 e. The Balaban J connectivity index is 1.46. The Bertz CT molecular complexity index is 1220. The lowest BCUT2D eigenvalue weighted by Crippen LogP contribution is -2.44. The molecular weight excluding hydrogens is 461 g/mol. The van der Waals surface area contributed by atoms with Crippen LogP contribution in [0, 0.1) is 11.7 Å². The molecule has 172 valence electrons. The van der Waals surface area contributed by atoms with Crippen LogP contribution in [-0.4, -0.2) is 43.2 Å². The zero-order valence-electron chi connectivity index (χ0n) is 17.9. The molecule has 1 amide bonds. The normalized spacial score (nSPS) is 15.3. The van der Waals surface area contributed by atoms with Crippen LogP contribution in [0.15, 0.2) is 77.5 Å². The first-order valence-electron chi connectivity index (χ1n) is 10.6. The molecule has 1 aliphatic heterocycles. The van der Waals surface area contributed by atoms with Crippen LogP contribution in [0.1, 0.15) is 12.8 Å². The number of sulfonamides is 1. The second-order valence-corrected chi connectivity index (χ2v) is 10.5. The molecule has 4 rings (SSSR count). The number of hydrogen-bond acceptors (Lipinski definition) is 5. The van der Waals surface area contributed by atoms with Gasteiger partial charge in [-0.15, -0.1) is 17.9 Å². The molecule has 0 radical (unpaired) electrons. The van der Waals surface area contributed by atoms with Crippen molar-refractivity contribution in [1.29, 1.82) is 0 Å². The van der Waals surface area contributed by atoms with Gasteiger partial charge in [0.25, 0.3) is 0 Å². The molecule has 6 nitrogen and oxygen atoms in total. The Morgan fingerprint density at radius 2 is 1.82 bits per heavy atom. The Morgan fingerprint density at radius 3 is 2.45 bits per heavy atom. The fourth-order valence-corrected chi connectivity index (χ4v) is 6.16. The zero-order chi connectivity index (χ0) is 23.4. The number of carbonyl (C=O) groups is 1. The number of piperidine rings is 1. The van der Waals surface area contributed by atoms with Gasteiger partial charge in [0, 0.05) is 36.5 Å². The SMILES string of the molecule is C=CCN(C(=O)C1CCN(S(=O)(=O)c2ccc(F)cc2)CC1)c1nc(-c2ccccc2)cs1. The predicted octanol–water partition coefficient (Wildman–Crippen LogP) is 4.57. The number of amides is 1. The summed E-state index contributed by atoms with van der Waals surface area (Å²) in [6.07, 6.45) is 2.48. The lowest BCUT2D eigenvalue weighted by molar-refractivity contribution is -0.123. The molecule has 1 fully saturated rings. The van der Waals surface area contributed by atoms with E-state index < -0.39 is 15.8 Å². The van der Waals surface area contributed by atoms with E-state index in [4.69, 9.17) is 0 Å². The summed E-state index contributed by atoms with van der Waals surface area (Å²) in [5.74, 6) is -0.880. The van der Waals surface area contributed by atoms with Crippen LogP contribution in [0.2, 0.25) is 0 Å². The van der Waals surface area contributed by atoms with Crippen molar-refractivity contribution in [2.75, 3.05) is 24.5 Å². The molecular formula is C24H24FN3O3S2. The number of anilines is 1. The van der Waals surface area contributed by atoms with Crippen LogP contribution in [0.4, 0.5) is 9.52 Å². The number of nitrogens with zero attached hydrogens (tertiary/aromatic N) is 3. The van der Waals surface area contributed by atoms with E-state index in [1.807, 2.05) is 35.7 Å². The molecule has 0 spiro atoms. The lowest BCUT2D eigenvalue weighted by Gasteiger charge is -2.32. The number of benzene rings is 2. The van der Waals surface area contributed by atoms with Gasteiger partial charge in [-0.3, -0.25) is 9.69 Å². The summed E-state index contributed by atoms with van der Waals surface area (Å²) in [5.41, 5.74) is 1.78. The highest BCUT2D eigenvalue weighted by Crippen LogP contribution is 2.31. The monoisotopic (exact) mass is 485 g/mol.